The molecule has 0 saturated carbocycles. The van der Waals surface area contributed by atoms with Gasteiger partial charge in [-0.05, 0) is 34.4 Å². The van der Waals surface area contributed by atoms with E-state index in [0.717, 1.165) is 24.3 Å². The van der Waals surface area contributed by atoms with Gasteiger partial charge < -0.3 is 0 Å². The molecule has 0 aliphatic rings. The summed E-state index contributed by atoms with van der Waals surface area (Å²) in [5.41, 5.74) is 2.35. The maximum absolute atomic E-state index is 12.9. The number of nitrogens with zero attached hydrogens (tertiary/aromatic N) is 6. The first-order chi connectivity index (χ1) is 23.8. The van der Waals surface area contributed by atoms with E-state index in [4.69, 9.17) is 16.5 Å². The fourth-order valence-electron chi connectivity index (χ4n) is 5.92. The van der Waals surface area contributed by atoms with Crippen molar-refractivity contribution in [1.29, 1.82) is 5.26 Å². The second-order valence-electron chi connectivity index (χ2n) is 11.1. The maximum Gasteiger partial charge on any atom is 0.454 e. The highest BCUT2D eigenvalue weighted by Crippen LogP contribution is 2.33. The molecule has 7 rings (SSSR count). The molecule has 242 valence electrons. The lowest BCUT2D eigenvalue weighted by Crippen LogP contribution is -2.22. The third-order valence-electron chi connectivity index (χ3n) is 8.19. The molecule has 0 aliphatic carbocycles. The predicted octanol–water partition coefficient (Wildman–Crippen LogP) is 7.91. The highest BCUT2D eigenvalue weighted by Gasteiger charge is 2.40. The average molecular weight is 677 g/mol. The van der Waals surface area contributed by atoms with E-state index in [1.165, 1.54) is 24.3 Å². The molecule has 8 nitrogen and oxygen atoms in total. The lowest BCUT2D eigenvalue weighted by atomic mass is 10.0. The van der Waals surface area contributed by atoms with Gasteiger partial charge in [-0.2, -0.15) is 43.2 Å². The minimum atomic E-state index is -5.01. The Kier molecular flexibility index (Phi) is 7.26. The topological polar surface area (TPSA) is 113 Å². The van der Waals surface area contributed by atoms with Crippen LogP contribution in [-0.2, 0) is 0 Å². The number of Topliss-reactive ketones (excluding diaryl/α,β-unsaturated/α-hetero) is 2. The molecule has 1 heterocycles. The quantitative estimate of drug-likeness (QED) is 0.0619. The van der Waals surface area contributed by atoms with Gasteiger partial charge in [0.2, 0.25) is 6.19 Å². The van der Waals surface area contributed by atoms with Crippen molar-refractivity contribution in [2.45, 2.75) is 12.4 Å². The van der Waals surface area contributed by atoms with Gasteiger partial charge in [-0.25, -0.2) is 9.97 Å². The molecule has 0 amide bonds. The zero-order chi connectivity index (χ0) is 35.5. The van der Waals surface area contributed by atoms with Crippen molar-refractivity contribution in [3.8, 4) is 28.4 Å². The minimum absolute atomic E-state index is 0.195. The average Bonchev–Trinajstić information content (AvgIpc) is 3.56. The Balaban J connectivity index is 1.38. The van der Waals surface area contributed by atoms with Gasteiger partial charge in [0.25, 0.3) is 11.6 Å². The number of alkyl halides is 6. The first-order valence-corrected chi connectivity index (χ1v) is 14.4. The summed E-state index contributed by atoms with van der Waals surface area (Å²) in [7, 11) is 0. The van der Waals surface area contributed by atoms with E-state index < -0.39 is 35.0 Å². The fourth-order valence-corrected chi connectivity index (χ4v) is 5.92. The standard InChI is InChI=1S/C36H14F6N6O2/c1-44-48-30-26-15-22(18-4-8-20(9-5-18)34(50)36(40,41)42)11-13-24(26)29-32(30)47-28-23-12-10-21(14-25(23)27(45-16-43)31(28)46-29)17-2-6-19(7-3-17)33(49)35(37,38)39/h2-15H/b45-27?,48-30-. The number of fused-ring (bicyclic) bond motifs is 6. The largest absolute Gasteiger partial charge is 0.454 e. The number of rotatable bonds is 4. The van der Waals surface area contributed by atoms with Gasteiger partial charge in [0, 0.05) is 32.7 Å². The first-order valence-electron chi connectivity index (χ1n) is 14.4. The number of benzene rings is 4. The Bertz CT molecular complexity index is 2590. The molecule has 0 aliphatic heterocycles. The molecule has 0 saturated heterocycles. The van der Waals surface area contributed by atoms with E-state index in [2.05, 4.69) is 15.0 Å². The molecule has 0 bridgehead atoms. The number of carbonyl (C=O) groups excluding carboxylic acids is 2. The third-order valence-corrected chi connectivity index (χ3v) is 8.19. The zero-order valence-electron chi connectivity index (χ0n) is 24.9. The van der Waals surface area contributed by atoms with Gasteiger partial charge in [0.1, 0.15) is 16.4 Å². The minimum Gasteiger partial charge on any atom is -0.284 e. The number of hydrogen-bond acceptors (Lipinski definition) is 7. The molecule has 7 aromatic rings. The Morgan fingerprint density at radius 3 is 1.40 bits per heavy atom. The van der Waals surface area contributed by atoms with Crippen molar-refractivity contribution >= 4 is 55.2 Å². The SMILES string of the molecule is [C-]#[N+]/N=c1/c2cc(-c3ccc(C(=O)C(F)(F)F)cc3)ccc2c2nc3c(=NC#N)c4cc(-c5ccc(C(=O)C(F)(F)F)cc5)ccc4c3nc12. The summed E-state index contributed by atoms with van der Waals surface area (Å²) in [6.45, 7) is 7.45. The van der Waals surface area contributed by atoms with Gasteiger partial charge in [0.15, 0.2) is 5.36 Å². The molecule has 0 spiro atoms. The molecule has 0 radical (unpaired) electrons. The number of carbonyl (C=O) groups is 2. The Morgan fingerprint density at radius 1 is 0.600 bits per heavy atom. The molecule has 6 aromatic carbocycles. The van der Waals surface area contributed by atoms with Gasteiger partial charge in [0.05, 0.1) is 16.1 Å². The zero-order valence-corrected chi connectivity index (χ0v) is 24.9. The number of hydrogen-bond donors (Lipinski definition) is 0. The number of halogens is 6. The summed E-state index contributed by atoms with van der Waals surface area (Å²) in [6.07, 6.45) is -8.25. The van der Waals surface area contributed by atoms with Crippen molar-refractivity contribution in [1.82, 2.24) is 9.97 Å². The van der Waals surface area contributed by atoms with E-state index in [-0.39, 0.29) is 21.7 Å². The lowest BCUT2D eigenvalue weighted by Gasteiger charge is -2.07. The smallest absolute Gasteiger partial charge is 0.284 e. The molecule has 50 heavy (non-hydrogen) atoms. The van der Waals surface area contributed by atoms with E-state index in [0.29, 0.717) is 54.8 Å². The van der Waals surface area contributed by atoms with Crippen LogP contribution in [0.5, 0.6) is 0 Å². The monoisotopic (exact) mass is 676 g/mol. The fraction of sp³-hybridized carbons (Fsp3) is 0.0556. The Morgan fingerprint density at radius 2 is 1.00 bits per heavy atom. The second kappa shape index (κ2) is 11.4. The van der Waals surface area contributed by atoms with Crippen LogP contribution in [0.2, 0.25) is 0 Å². The van der Waals surface area contributed by atoms with E-state index in [1.807, 2.05) is 0 Å². The number of ketones is 2. The summed E-state index contributed by atoms with van der Waals surface area (Å²) in [4.78, 5) is 40.1. The van der Waals surface area contributed by atoms with E-state index >= 15 is 0 Å². The summed E-state index contributed by atoms with van der Waals surface area (Å²) < 4.78 is 77.3. The molecular weight excluding hydrogens is 662 g/mol. The highest BCUT2D eigenvalue weighted by molar-refractivity contribution is 6.15. The van der Waals surface area contributed by atoms with Crippen molar-refractivity contribution in [2.24, 2.45) is 10.1 Å². The van der Waals surface area contributed by atoms with Crippen LogP contribution in [-0.4, -0.2) is 33.9 Å². The van der Waals surface area contributed by atoms with Crippen LogP contribution in [0.15, 0.2) is 95.0 Å². The molecule has 0 atom stereocenters. The van der Waals surface area contributed by atoms with Crippen LogP contribution in [0.1, 0.15) is 20.7 Å². The van der Waals surface area contributed by atoms with Crippen LogP contribution in [0, 0.1) is 18.0 Å². The van der Waals surface area contributed by atoms with Crippen molar-refractivity contribution < 1.29 is 35.9 Å². The van der Waals surface area contributed by atoms with Gasteiger partial charge in [-0.15, -0.1) is 4.95 Å². The van der Waals surface area contributed by atoms with Gasteiger partial charge >= 0.3 is 12.4 Å². The first kappa shape index (κ1) is 31.8. The number of aromatic nitrogens is 2. The molecule has 0 N–H and O–H groups in total. The summed E-state index contributed by atoms with van der Waals surface area (Å²) >= 11 is 0. The predicted molar refractivity (Wildman–Crippen MR) is 169 cm³/mol. The van der Waals surface area contributed by atoms with Crippen molar-refractivity contribution in [3.05, 3.63) is 118 Å². The molecule has 0 unspecified atom stereocenters. The van der Waals surface area contributed by atoms with E-state index in [1.54, 1.807) is 42.6 Å². The van der Waals surface area contributed by atoms with Crippen LogP contribution >= 0.6 is 0 Å². The van der Waals surface area contributed by atoms with Crippen LogP contribution in [0.25, 0.3) is 70.8 Å². The molecule has 14 heteroatoms. The van der Waals surface area contributed by atoms with Crippen molar-refractivity contribution in [2.75, 3.05) is 0 Å². The van der Waals surface area contributed by atoms with E-state index in [9.17, 15) is 41.2 Å². The summed E-state index contributed by atoms with van der Waals surface area (Å²) in [5, 5.41) is 16.0. The van der Waals surface area contributed by atoms with Crippen LogP contribution < -0.4 is 10.7 Å². The summed E-state index contributed by atoms with van der Waals surface area (Å²) in [5.74, 6) is -3.92. The van der Waals surface area contributed by atoms with Crippen LogP contribution in [0.3, 0.4) is 0 Å². The molecular formula is C36H14F6N6O2. The van der Waals surface area contributed by atoms with Gasteiger partial charge in [-0.3, -0.25) is 9.59 Å². The maximum atomic E-state index is 12.9. The van der Waals surface area contributed by atoms with Gasteiger partial charge in [-0.1, -0.05) is 72.8 Å². The van der Waals surface area contributed by atoms with Crippen LogP contribution in [0.4, 0.5) is 26.3 Å². The molecule has 0 fully saturated rings. The second-order valence-corrected chi connectivity index (χ2v) is 11.1. The van der Waals surface area contributed by atoms with Crippen molar-refractivity contribution in [3.63, 3.8) is 0 Å². The Hall–Kier alpha value is -6.80. The molecule has 1 aromatic heterocycles. The normalized spacial score (nSPS) is 13.0. The highest BCUT2D eigenvalue weighted by atomic mass is 19.4. The Labute approximate surface area is 275 Å². The summed E-state index contributed by atoms with van der Waals surface area (Å²) in [6, 6.07) is 20.0. The third kappa shape index (κ3) is 5.20. The lowest BCUT2D eigenvalue weighted by molar-refractivity contribution is -0.0888. The number of nitriles is 1.